The summed E-state index contributed by atoms with van der Waals surface area (Å²) in [6.07, 6.45) is 1.61. The number of benzene rings is 5. The number of nitrogens with one attached hydrogen (secondary N) is 1. The highest BCUT2D eigenvalue weighted by molar-refractivity contribution is 6.29. The molecule has 1 N–H and O–H groups in total. The van der Waals surface area contributed by atoms with E-state index in [9.17, 15) is 4.79 Å². The van der Waals surface area contributed by atoms with E-state index < -0.39 is 0 Å². The average molecular weight is 439 g/mol. The van der Waals surface area contributed by atoms with Gasteiger partial charge in [0.15, 0.2) is 5.58 Å². The number of rotatable bonds is 3. The SMILES string of the molecule is O=C(Nc1ccc2ccc3cccc4cc(-c5nc6ccccc6o5)c1c2c34)c1ccccn1. The Morgan fingerprint density at radius 3 is 2.38 bits per heavy atom. The van der Waals surface area contributed by atoms with Crippen molar-refractivity contribution >= 4 is 55.0 Å². The molecule has 0 aliphatic carbocycles. The van der Waals surface area contributed by atoms with Crippen molar-refractivity contribution in [2.75, 3.05) is 5.32 Å². The Morgan fingerprint density at radius 2 is 1.53 bits per heavy atom. The van der Waals surface area contributed by atoms with Crippen LogP contribution in [0.3, 0.4) is 0 Å². The molecule has 0 unspecified atom stereocenters. The summed E-state index contributed by atoms with van der Waals surface area (Å²) in [4.78, 5) is 22.0. The van der Waals surface area contributed by atoms with Crippen LogP contribution in [0.2, 0.25) is 0 Å². The number of hydrogen-bond donors (Lipinski definition) is 1. The van der Waals surface area contributed by atoms with Gasteiger partial charge in [-0.2, -0.15) is 0 Å². The summed E-state index contributed by atoms with van der Waals surface area (Å²) in [5.74, 6) is 0.257. The molecule has 1 amide bonds. The number of anilines is 1. The first-order valence-electron chi connectivity index (χ1n) is 11.1. The Balaban J connectivity index is 1.56. The second-order valence-corrected chi connectivity index (χ2v) is 8.31. The van der Waals surface area contributed by atoms with Gasteiger partial charge in [0.1, 0.15) is 11.2 Å². The smallest absolute Gasteiger partial charge is 0.274 e. The number of amides is 1. The van der Waals surface area contributed by atoms with Gasteiger partial charge in [0.2, 0.25) is 5.89 Å². The number of aromatic nitrogens is 2. The van der Waals surface area contributed by atoms with Gasteiger partial charge < -0.3 is 9.73 Å². The van der Waals surface area contributed by atoms with Crippen molar-refractivity contribution in [2.24, 2.45) is 0 Å². The number of fused-ring (bicyclic) bond motifs is 1. The fourth-order valence-electron chi connectivity index (χ4n) is 4.79. The minimum absolute atomic E-state index is 0.265. The minimum atomic E-state index is -0.265. The van der Waals surface area contributed by atoms with Crippen LogP contribution >= 0.6 is 0 Å². The number of hydrogen-bond acceptors (Lipinski definition) is 4. The van der Waals surface area contributed by atoms with Crippen LogP contribution in [0, 0.1) is 0 Å². The monoisotopic (exact) mass is 439 g/mol. The molecule has 0 bridgehead atoms. The highest BCUT2D eigenvalue weighted by Crippen LogP contribution is 2.43. The van der Waals surface area contributed by atoms with Gasteiger partial charge in [0, 0.05) is 28.2 Å². The van der Waals surface area contributed by atoms with Gasteiger partial charge >= 0.3 is 0 Å². The second kappa shape index (κ2) is 7.12. The van der Waals surface area contributed by atoms with Crippen LogP contribution in [-0.4, -0.2) is 15.9 Å². The lowest BCUT2D eigenvalue weighted by Gasteiger charge is -2.17. The third-order valence-corrected chi connectivity index (χ3v) is 6.30. The minimum Gasteiger partial charge on any atom is -0.436 e. The molecular weight excluding hydrogens is 422 g/mol. The number of oxazole rings is 1. The molecule has 2 heterocycles. The number of para-hydroxylation sites is 2. The second-order valence-electron chi connectivity index (χ2n) is 8.31. The van der Waals surface area contributed by atoms with Crippen molar-refractivity contribution in [3.05, 3.63) is 103 Å². The van der Waals surface area contributed by atoms with Crippen LogP contribution in [-0.2, 0) is 0 Å². The Morgan fingerprint density at radius 1 is 0.735 bits per heavy atom. The zero-order chi connectivity index (χ0) is 22.6. The fraction of sp³-hybridized carbons (Fsp3) is 0. The van der Waals surface area contributed by atoms with E-state index >= 15 is 0 Å². The summed E-state index contributed by atoms with van der Waals surface area (Å²) < 4.78 is 6.19. The molecule has 7 aromatic rings. The third kappa shape index (κ3) is 2.77. The molecule has 0 radical (unpaired) electrons. The first-order chi connectivity index (χ1) is 16.8. The zero-order valence-corrected chi connectivity index (χ0v) is 17.9. The average Bonchev–Trinajstić information content (AvgIpc) is 3.32. The van der Waals surface area contributed by atoms with Gasteiger partial charge in [0.05, 0.1) is 0 Å². The van der Waals surface area contributed by atoms with Crippen LogP contribution in [0.15, 0.2) is 102 Å². The van der Waals surface area contributed by atoms with Crippen molar-refractivity contribution in [1.82, 2.24) is 9.97 Å². The summed E-state index contributed by atoms with van der Waals surface area (Å²) in [5, 5.41) is 9.55. The van der Waals surface area contributed by atoms with Crippen molar-refractivity contribution in [1.29, 1.82) is 0 Å². The van der Waals surface area contributed by atoms with E-state index in [2.05, 4.69) is 46.7 Å². The first-order valence-corrected chi connectivity index (χ1v) is 11.1. The van der Waals surface area contributed by atoms with Crippen molar-refractivity contribution in [3.63, 3.8) is 0 Å². The van der Waals surface area contributed by atoms with Crippen LogP contribution < -0.4 is 5.32 Å². The lowest BCUT2D eigenvalue weighted by atomic mass is 9.90. The van der Waals surface area contributed by atoms with E-state index in [0.717, 1.165) is 49.0 Å². The van der Waals surface area contributed by atoms with Crippen LogP contribution in [0.4, 0.5) is 5.69 Å². The summed E-state index contributed by atoms with van der Waals surface area (Å²) in [6.45, 7) is 0. The molecule has 5 heteroatoms. The molecule has 0 aliphatic rings. The predicted molar refractivity (Wildman–Crippen MR) is 135 cm³/mol. The van der Waals surface area contributed by atoms with E-state index in [1.54, 1.807) is 24.4 Å². The summed E-state index contributed by atoms with van der Waals surface area (Å²) >= 11 is 0. The lowest BCUT2D eigenvalue weighted by Crippen LogP contribution is -2.13. The maximum absolute atomic E-state index is 13.0. The van der Waals surface area contributed by atoms with E-state index in [0.29, 0.717) is 17.3 Å². The van der Waals surface area contributed by atoms with E-state index in [-0.39, 0.29) is 5.91 Å². The van der Waals surface area contributed by atoms with Gasteiger partial charge in [-0.1, -0.05) is 54.6 Å². The molecule has 160 valence electrons. The van der Waals surface area contributed by atoms with Gasteiger partial charge in [-0.15, -0.1) is 0 Å². The molecule has 5 nitrogen and oxygen atoms in total. The molecule has 0 spiro atoms. The molecule has 0 fully saturated rings. The summed E-state index contributed by atoms with van der Waals surface area (Å²) in [6, 6.07) is 29.6. The highest BCUT2D eigenvalue weighted by Gasteiger charge is 2.20. The van der Waals surface area contributed by atoms with Crippen LogP contribution in [0.25, 0.3) is 54.9 Å². The van der Waals surface area contributed by atoms with Gasteiger partial charge in [-0.25, -0.2) is 4.98 Å². The summed E-state index contributed by atoms with van der Waals surface area (Å²) in [7, 11) is 0. The molecular formula is C29H17N3O2. The Bertz CT molecular complexity index is 1820. The number of carbonyl (C=O) groups is 1. The maximum atomic E-state index is 13.0. The molecule has 0 saturated carbocycles. The summed E-state index contributed by atoms with van der Waals surface area (Å²) in [5.41, 5.74) is 3.41. The molecule has 0 atom stereocenters. The van der Waals surface area contributed by atoms with E-state index in [1.165, 1.54) is 0 Å². The molecule has 34 heavy (non-hydrogen) atoms. The molecule has 5 aromatic carbocycles. The van der Waals surface area contributed by atoms with Gasteiger partial charge in [-0.3, -0.25) is 9.78 Å². The lowest BCUT2D eigenvalue weighted by molar-refractivity contribution is 0.102. The fourth-order valence-corrected chi connectivity index (χ4v) is 4.79. The molecule has 0 aliphatic heterocycles. The van der Waals surface area contributed by atoms with Gasteiger partial charge in [-0.05, 0) is 57.9 Å². The van der Waals surface area contributed by atoms with Crippen LogP contribution in [0.5, 0.6) is 0 Å². The molecule has 0 saturated heterocycles. The highest BCUT2D eigenvalue weighted by atomic mass is 16.3. The number of pyridine rings is 1. The van der Waals surface area contributed by atoms with Gasteiger partial charge in [0.25, 0.3) is 5.91 Å². The Labute approximate surface area is 194 Å². The van der Waals surface area contributed by atoms with Crippen molar-refractivity contribution in [2.45, 2.75) is 0 Å². The van der Waals surface area contributed by atoms with Crippen LogP contribution in [0.1, 0.15) is 10.5 Å². The molecule has 7 rings (SSSR count). The maximum Gasteiger partial charge on any atom is 0.274 e. The van der Waals surface area contributed by atoms with E-state index in [4.69, 9.17) is 9.40 Å². The largest absolute Gasteiger partial charge is 0.436 e. The zero-order valence-electron chi connectivity index (χ0n) is 17.9. The van der Waals surface area contributed by atoms with Crippen molar-refractivity contribution in [3.8, 4) is 11.5 Å². The quantitative estimate of drug-likeness (QED) is 0.300. The topological polar surface area (TPSA) is 68.0 Å². The van der Waals surface area contributed by atoms with Crippen molar-refractivity contribution < 1.29 is 9.21 Å². The standard InChI is InChI=1S/C29H17N3O2/c33-28(23-9-3-4-15-30-23)31-22-14-13-18-12-11-17-6-5-7-19-16-20(27(22)26(18)25(17)19)29-32-21-8-1-2-10-24(21)34-29/h1-16H,(H,31,33). The normalized spacial score (nSPS) is 11.6. The Kier molecular flexibility index (Phi) is 3.93. The first kappa shape index (κ1) is 18.8. The predicted octanol–water partition coefficient (Wildman–Crippen LogP) is 7.04. The molecule has 2 aromatic heterocycles. The Hall–Kier alpha value is -4.77. The third-order valence-electron chi connectivity index (χ3n) is 6.30. The number of nitrogens with zero attached hydrogens (tertiary/aromatic N) is 2. The number of carbonyl (C=O) groups excluding carboxylic acids is 1. The van der Waals surface area contributed by atoms with E-state index in [1.807, 2.05) is 36.4 Å².